The molecule has 1 amide bonds. The summed E-state index contributed by atoms with van der Waals surface area (Å²) in [5.74, 6) is -1.23. The van der Waals surface area contributed by atoms with Crippen molar-refractivity contribution in [3.05, 3.63) is 119 Å². The second-order valence-electron chi connectivity index (χ2n) is 8.38. The molecular formula is C28H22ClFN2O6S. The van der Waals surface area contributed by atoms with Crippen molar-refractivity contribution >= 4 is 39.2 Å². The van der Waals surface area contributed by atoms with Crippen molar-refractivity contribution in [2.45, 2.75) is 17.9 Å². The Labute approximate surface area is 229 Å². The van der Waals surface area contributed by atoms with Gasteiger partial charge in [-0.05, 0) is 84.4 Å². The van der Waals surface area contributed by atoms with Crippen LogP contribution in [-0.2, 0) is 27.8 Å². The highest BCUT2D eigenvalue weighted by Crippen LogP contribution is 2.28. The summed E-state index contributed by atoms with van der Waals surface area (Å²) < 4.78 is 47.0. The first-order chi connectivity index (χ1) is 18.6. The van der Waals surface area contributed by atoms with E-state index in [0.717, 1.165) is 24.3 Å². The standard InChI is InChI=1S/C28H22ClFN2O6S/c29-21-4-2-19(3-5-21)28(35)32-23-8-10-24(11-9-23)38-26-14-1-18(16-27(33)34)15-20(26)17-31-39(36,37)25-12-6-22(30)7-13-25/h1-15,31H,16-17H2,(H,32,35)(H,33,34). The molecule has 0 aliphatic rings. The number of hydrogen-bond acceptors (Lipinski definition) is 5. The molecule has 0 radical (unpaired) electrons. The third-order valence-corrected chi connectivity index (χ3v) is 7.17. The van der Waals surface area contributed by atoms with Gasteiger partial charge in [0.15, 0.2) is 0 Å². The van der Waals surface area contributed by atoms with Gasteiger partial charge in [-0.15, -0.1) is 0 Å². The summed E-state index contributed by atoms with van der Waals surface area (Å²) in [4.78, 5) is 23.5. The van der Waals surface area contributed by atoms with Crippen LogP contribution in [0.1, 0.15) is 21.5 Å². The van der Waals surface area contributed by atoms with Crippen LogP contribution in [0.4, 0.5) is 10.1 Å². The van der Waals surface area contributed by atoms with Crippen LogP contribution in [-0.4, -0.2) is 25.4 Å². The van der Waals surface area contributed by atoms with E-state index in [2.05, 4.69) is 10.0 Å². The number of carbonyl (C=O) groups excluding carboxylic acids is 1. The zero-order valence-corrected chi connectivity index (χ0v) is 21.8. The Morgan fingerprint density at radius 3 is 2.21 bits per heavy atom. The lowest BCUT2D eigenvalue weighted by Gasteiger charge is -2.14. The Morgan fingerprint density at radius 1 is 0.897 bits per heavy atom. The van der Waals surface area contributed by atoms with E-state index in [1.807, 2.05) is 0 Å². The van der Waals surface area contributed by atoms with Gasteiger partial charge in [0.1, 0.15) is 17.3 Å². The first kappa shape index (κ1) is 27.8. The molecule has 0 aromatic heterocycles. The van der Waals surface area contributed by atoms with Gasteiger partial charge in [-0.25, -0.2) is 17.5 Å². The molecule has 0 aliphatic carbocycles. The van der Waals surface area contributed by atoms with Gasteiger partial charge in [-0.2, -0.15) is 0 Å². The number of nitrogens with one attached hydrogen (secondary N) is 2. The van der Waals surface area contributed by atoms with Crippen molar-refractivity contribution < 1.29 is 32.2 Å². The fourth-order valence-corrected chi connectivity index (χ4v) is 4.70. The number of carboxylic acid groups (broad SMARTS) is 1. The molecule has 0 aliphatic heterocycles. The van der Waals surface area contributed by atoms with Gasteiger partial charge in [0, 0.05) is 28.4 Å². The second kappa shape index (κ2) is 12.1. The fourth-order valence-electron chi connectivity index (χ4n) is 3.56. The monoisotopic (exact) mass is 568 g/mol. The number of carboxylic acids is 1. The molecule has 0 saturated carbocycles. The van der Waals surface area contributed by atoms with Crippen LogP contribution >= 0.6 is 11.6 Å². The summed E-state index contributed by atoms with van der Waals surface area (Å²) >= 11 is 5.86. The molecule has 0 spiro atoms. The van der Waals surface area contributed by atoms with Crippen LogP contribution < -0.4 is 14.8 Å². The van der Waals surface area contributed by atoms with Crippen LogP contribution in [0, 0.1) is 5.82 Å². The smallest absolute Gasteiger partial charge is 0.307 e. The van der Waals surface area contributed by atoms with Gasteiger partial charge < -0.3 is 15.2 Å². The van der Waals surface area contributed by atoms with Gasteiger partial charge in [0.2, 0.25) is 10.0 Å². The lowest BCUT2D eigenvalue weighted by Crippen LogP contribution is -2.23. The van der Waals surface area contributed by atoms with Gasteiger partial charge in [0.25, 0.3) is 5.91 Å². The largest absolute Gasteiger partial charge is 0.481 e. The predicted molar refractivity (Wildman–Crippen MR) is 144 cm³/mol. The van der Waals surface area contributed by atoms with Crippen LogP contribution in [0.2, 0.25) is 5.02 Å². The number of anilines is 1. The number of hydrogen-bond donors (Lipinski definition) is 3. The number of amides is 1. The van der Waals surface area contributed by atoms with E-state index in [1.54, 1.807) is 60.7 Å². The number of aliphatic carboxylic acids is 1. The van der Waals surface area contributed by atoms with Crippen LogP contribution in [0.5, 0.6) is 11.5 Å². The normalized spacial score (nSPS) is 11.1. The van der Waals surface area contributed by atoms with Gasteiger partial charge in [0.05, 0.1) is 11.3 Å². The van der Waals surface area contributed by atoms with Crippen LogP contribution in [0.15, 0.2) is 95.9 Å². The Morgan fingerprint density at radius 2 is 1.56 bits per heavy atom. The molecular weight excluding hydrogens is 547 g/mol. The minimum absolute atomic E-state index is 0.121. The van der Waals surface area contributed by atoms with E-state index >= 15 is 0 Å². The summed E-state index contributed by atoms with van der Waals surface area (Å²) in [6, 6.07) is 22.0. The minimum Gasteiger partial charge on any atom is -0.481 e. The maximum Gasteiger partial charge on any atom is 0.307 e. The minimum atomic E-state index is -3.98. The molecule has 8 nitrogen and oxygen atoms in total. The highest BCUT2D eigenvalue weighted by Gasteiger charge is 2.16. The van der Waals surface area contributed by atoms with Crippen molar-refractivity contribution in [2.24, 2.45) is 0 Å². The maximum absolute atomic E-state index is 13.2. The topological polar surface area (TPSA) is 122 Å². The number of carbonyl (C=O) groups is 2. The Bertz CT molecular complexity index is 1590. The molecule has 39 heavy (non-hydrogen) atoms. The highest BCUT2D eigenvalue weighted by atomic mass is 35.5. The van der Waals surface area contributed by atoms with E-state index in [1.165, 1.54) is 6.07 Å². The summed E-state index contributed by atoms with van der Waals surface area (Å²) in [6.45, 7) is -0.211. The Balaban J connectivity index is 1.50. The number of benzene rings is 4. The Hall–Kier alpha value is -4.25. The lowest BCUT2D eigenvalue weighted by molar-refractivity contribution is -0.136. The van der Waals surface area contributed by atoms with Crippen LogP contribution in [0.25, 0.3) is 0 Å². The number of halogens is 2. The fraction of sp³-hybridized carbons (Fsp3) is 0.0714. The summed E-state index contributed by atoms with van der Waals surface area (Å²) in [6.07, 6.45) is -0.264. The third kappa shape index (κ3) is 7.64. The maximum atomic E-state index is 13.2. The van der Waals surface area contributed by atoms with Crippen LogP contribution in [0.3, 0.4) is 0 Å². The molecule has 0 heterocycles. The third-order valence-electron chi connectivity index (χ3n) is 5.50. The molecule has 4 aromatic rings. The number of sulfonamides is 1. The summed E-state index contributed by atoms with van der Waals surface area (Å²) in [5, 5.41) is 12.4. The van der Waals surface area contributed by atoms with Crippen molar-refractivity contribution in [1.29, 1.82) is 0 Å². The van der Waals surface area contributed by atoms with Gasteiger partial charge in [-0.3, -0.25) is 9.59 Å². The molecule has 0 saturated heterocycles. The van der Waals surface area contributed by atoms with Gasteiger partial charge >= 0.3 is 5.97 Å². The molecule has 3 N–H and O–H groups in total. The average molecular weight is 569 g/mol. The van der Waals surface area contributed by atoms with E-state index in [0.29, 0.717) is 38.9 Å². The van der Waals surface area contributed by atoms with Gasteiger partial charge in [-0.1, -0.05) is 23.7 Å². The van der Waals surface area contributed by atoms with E-state index in [-0.39, 0.29) is 23.8 Å². The van der Waals surface area contributed by atoms with Crippen molar-refractivity contribution in [3.8, 4) is 11.5 Å². The first-order valence-electron chi connectivity index (χ1n) is 11.5. The van der Waals surface area contributed by atoms with E-state index < -0.39 is 21.8 Å². The summed E-state index contributed by atoms with van der Waals surface area (Å²) in [5.41, 5.74) is 1.80. The molecule has 11 heteroatoms. The summed E-state index contributed by atoms with van der Waals surface area (Å²) in [7, 11) is -3.98. The van der Waals surface area contributed by atoms with E-state index in [9.17, 15) is 22.4 Å². The van der Waals surface area contributed by atoms with E-state index in [4.69, 9.17) is 21.4 Å². The molecule has 0 fully saturated rings. The Kier molecular flexibility index (Phi) is 8.60. The quantitative estimate of drug-likeness (QED) is 0.228. The molecule has 4 aromatic carbocycles. The molecule has 0 bridgehead atoms. The molecule has 0 atom stereocenters. The molecule has 4 rings (SSSR count). The van der Waals surface area contributed by atoms with Crippen molar-refractivity contribution in [1.82, 2.24) is 4.72 Å². The van der Waals surface area contributed by atoms with Crippen molar-refractivity contribution in [2.75, 3.05) is 5.32 Å². The van der Waals surface area contributed by atoms with Crippen molar-refractivity contribution in [3.63, 3.8) is 0 Å². The molecule has 0 unspecified atom stereocenters. The highest BCUT2D eigenvalue weighted by molar-refractivity contribution is 7.89. The SMILES string of the molecule is O=C(O)Cc1ccc(Oc2ccc(NC(=O)c3ccc(Cl)cc3)cc2)c(CNS(=O)(=O)c2ccc(F)cc2)c1. The lowest BCUT2D eigenvalue weighted by atomic mass is 10.1. The second-order valence-corrected chi connectivity index (χ2v) is 10.6. The number of rotatable bonds is 10. The number of ether oxygens (including phenoxy) is 1. The molecule has 200 valence electrons. The zero-order chi connectivity index (χ0) is 28.0. The zero-order valence-electron chi connectivity index (χ0n) is 20.2. The average Bonchev–Trinajstić information content (AvgIpc) is 2.90. The predicted octanol–water partition coefficient (Wildman–Crippen LogP) is 5.63. The first-order valence-corrected chi connectivity index (χ1v) is 13.4.